The smallest absolute Gasteiger partial charge is 0.226 e. The maximum Gasteiger partial charge on any atom is 0.226 e. The molecule has 0 radical (unpaired) electrons. The van der Waals surface area contributed by atoms with Crippen molar-refractivity contribution in [2.75, 3.05) is 30.9 Å². The molecule has 2 heterocycles. The van der Waals surface area contributed by atoms with Crippen LogP contribution in [-0.4, -0.2) is 40.2 Å². The molecule has 0 saturated carbocycles. The normalized spacial score (nSPS) is 10.6. The van der Waals surface area contributed by atoms with Gasteiger partial charge in [-0.15, -0.1) is 0 Å². The first-order chi connectivity index (χ1) is 10.9. The SMILES string of the molecule is COCCNc1nc(Nc2ccccc2)c2nccnc2n1. The molecule has 0 unspecified atom stereocenters. The number of nitrogens with one attached hydrogen (secondary N) is 2. The molecular weight excluding hydrogens is 280 g/mol. The fourth-order valence-electron chi connectivity index (χ4n) is 1.95. The van der Waals surface area contributed by atoms with E-state index in [4.69, 9.17) is 4.74 Å². The molecule has 0 aliphatic heterocycles. The molecular formula is C15H16N6O. The van der Waals surface area contributed by atoms with Crippen molar-refractivity contribution in [2.45, 2.75) is 0 Å². The Labute approximate surface area is 127 Å². The first kappa shape index (κ1) is 14.2. The number of rotatable bonds is 6. The number of hydrogen-bond acceptors (Lipinski definition) is 7. The lowest BCUT2D eigenvalue weighted by Gasteiger charge is -2.10. The number of anilines is 3. The van der Waals surface area contributed by atoms with Crippen molar-refractivity contribution in [1.82, 2.24) is 19.9 Å². The molecule has 112 valence electrons. The summed E-state index contributed by atoms with van der Waals surface area (Å²) in [5, 5.41) is 6.36. The fraction of sp³-hybridized carbons (Fsp3) is 0.200. The van der Waals surface area contributed by atoms with Gasteiger partial charge < -0.3 is 15.4 Å². The Morgan fingerprint density at radius 3 is 2.68 bits per heavy atom. The molecule has 2 N–H and O–H groups in total. The van der Waals surface area contributed by atoms with Crippen LogP contribution in [0.3, 0.4) is 0 Å². The van der Waals surface area contributed by atoms with Gasteiger partial charge in [0, 0.05) is 31.7 Å². The summed E-state index contributed by atoms with van der Waals surface area (Å²) in [6.07, 6.45) is 3.24. The molecule has 22 heavy (non-hydrogen) atoms. The van der Waals surface area contributed by atoms with Crippen LogP contribution in [0.5, 0.6) is 0 Å². The summed E-state index contributed by atoms with van der Waals surface area (Å²) >= 11 is 0. The third kappa shape index (κ3) is 3.26. The number of hydrogen-bond donors (Lipinski definition) is 2. The van der Waals surface area contributed by atoms with Crippen LogP contribution in [0.15, 0.2) is 42.7 Å². The lowest BCUT2D eigenvalue weighted by atomic mass is 10.3. The van der Waals surface area contributed by atoms with Gasteiger partial charge in [0.15, 0.2) is 17.0 Å². The maximum absolute atomic E-state index is 5.02. The largest absolute Gasteiger partial charge is 0.383 e. The van der Waals surface area contributed by atoms with Crippen LogP contribution >= 0.6 is 0 Å². The Balaban J connectivity index is 1.95. The Kier molecular flexibility index (Phi) is 4.35. The molecule has 0 bridgehead atoms. The molecule has 0 aliphatic rings. The zero-order chi connectivity index (χ0) is 15.2. The van der Waals surface area contributed by atoms with Gasteiger partial charge in [0.1, 0.15) is 0 Å². The first-order valence-electron chi connectivity index (χ1n) is 6.90. The highest BCUT2D eigenvalue weighted by atomic mass is 16.5. The second kappa shape index (κ2) is 6.77. The number of methoxy groups -OCH3 is 1. The van der Waals surface area contributed by atoms with Crippen LogP contribution in [0, 0.1) is 0 Å². The number of benzene rings is 1. The topological polar surface area (TPSA) is 84.9 Å². The molecule has 0 fully saturated rings. The number of ether oxygens (including phenoxy) is 1. The third-order valence-electron chi connectivity index (χ3n) is 2.96. The third-order valence-corrected chi connectivity index (χ3v) is 2.96. The van der Waals surface area contributed by atoms with Gasteiger partial charge >= 0.3 is 0 Å². The molecule has 0 spiro atoms. The number of nitrogens with zero attached hydrogens (tertiary/aromatic N) is 4. The minimum absolute atomic E-state index is 0.489. The summed E-state index contributed by atoms with van der Waals surface area (Å²) in [6.45, 7) is 1.19. The van der Waals surface area contributed by atoms with Crippen LogP contribution in [-0.2, 0) is 4.74 Å². The minimum atomic E-state index is 0.489. The highest BCUT2D eigenvalue weighted by molar-refractivity contribution is 5.85. The fourth-order valence-corrected chi connectivity index (χ4v) is 1.95. The van der Waals surface area contributed by atoms with Gasteiger partial charge in [-0.25, -0.2) is 9.97 Å². The van der Waals surface area contributed by atoms with Gasteiger partial charge in [-0.3, -0.25) is 0 Å². The van der Waals surface area contributed by atoms with Crippen LogP contribution in [0.1, 0.15) is 0 Å². The van der Waals surface area contributed by atoms with Gasteiger partial charge in [-0.05, 0) is 12.1 Å². The standard InChI is InChI=1S/C15H16N6O/c1-22-10-9-18-15-20-13-12(16-7-8-17-13)14(21-15)19-11-5-3-2-4-6-11/h2-8H,9-10H2,1H3,(H2,17,18,19,20,21). The molecule has 1 aromatic carbocycles. The minimum Gasteiger partial charge on any atom is -0.383 e. The summed E-state index contributed by atoms with van der Waals surface area (Å²) in [6, 6.07) is 9.79. The van der Waals surface area contributed by atoms with Crippen molar-refractivity contribution >= 4 is 28.6 Å². The quantitative estimate of drug-likeness (QED) is 0.675. The summed E-state index contributed by atoms with van der Waals surface area (Å²) in [7, 11) is 1.65. The van der Waals surface area contributed by atoms with E-state index in [0.29, 0.717) is 36.1 Å². The molecule has 0 amide bonds. The monoisotopic (exact) mass is 296 g/mol. The summed E-state index contributed by atoms with van der Waals surface area (Å²) in [5.74, 6) is 1.10. The van der Waals surface area contributed by atoms with E-state index in [1.807, 2.05) is 30.3 Å². The average Bonchev–Trinajstić information content (AvgIpc) is 2.56. The molecule has 3 aromatic rings. The molecule has 0 atom stereocenters. The van der Waals surface area contributed by atoms with E-state index in [-0.39, 0.29) is 0 Å². The number of para-hydroxylation sites is 1. The van der Waals surface area contributed by atoms with Gasteiger partial charge in [0.2, 0.25) is 5.95 Å². The highest BCUT2D eigenvalue weighted by Gasteiger charge is 2.09. The van der Waals surface area contributed by atoms with Crippen LogP contribution in [0.2, 0.25) is 0 Å². The molecule has 7 nitrogen and oxygen atoms in total. The van der Waals surface area contributed by atoms with Crippen LogP contribution < -0.4 is 10.6 Å². The van der Waals surface area contributed by atoms with E-state index in [0.717, 1.165) is 5.69 Å². The van der Waals surface area contributed by atoms with Gasteiger partial charge in [-0.1, -0.05) is 18.2 Å². The van der Waals surface area contributed by atoms with Crippen molar-refractivity contribution < 1.29 is 4.74 Å². The van der Waals surface area contributed by atoms with E-state index < -0.39 is 0 Å². The van der Waals surface area contributed by atoms with Crippen molar-refractivity contribution in [1.29, 1.82) is 0 Å². The molecule has 2 aromatic heterocycles. The van der Waals surface area contributed by atoms with Gasteiger partial charge in [0.05, 0.1) is 6.61 Å². The predicted molar refractivity (Wildman–Crippen MR) is 85.2 cm³/mol. The zero-order valence-electron chi connectivity index (χ0n) is 12.2. The van der Waals surface area contributed by atoms with Gasteiger partial charge in [-0.2, -0.15) is 9.97 Å². The highest BCUT2D eigenvalue weighted by Crippen LogP contribution is 2.21. The molecule has 3 rings (SSSR count). The molecule has 7 heteroatoms. The molecule has 0 saturated heterocycles. The Morgan fingerprint density at radius 1 is 1.05 bits per heavy atom. The first-order valence-corrected chi connectivity index (χ1v) is 6.90. The van der Waals surface area contributed by atoms with Crippen molar-refractivity contribution in [3.05, 3.63) is 42.7 Å². The van der Waals surface area contributed by atoms with E-state index in [1.54, 1.807) is 19.5 Å². The Bertz CT molecular complexity index is 749. The summed E-state index contributed by atoms with van der Waals surface area (Å²) in [5.41, 5.74) is 2.09. The molecule has 0 aliphatic carbocycles. The van der Waals surface area contributed by atoms with E-state index in [2.05, 4.69) is 30.6 Å². The summed E-state index contributed by atoms with van der Waals surface area (Å²) < 4.78 is 5.02. The van der Waals surface area contributed by atoms with E-state index >= 15 is 0 Å². The lowest BCUT2D eigenvalue weighted by molar-refractivity contribution is 0.210. The number of fused-ring (bicyclic) bond motifs is 1. The summed E-state index contributed by atoms with van der Waals surface area (Å²) in [4.78, 5) is 17.4. The van der Waals surface area contributed by atoms with Crippen molar-refractivity contribution in [2.24, 2.45) is 0 Å². The van der Waals surface area contributed by atoms with Crippen molar-refractivity contribution in [3.63, 3.8) is 0 Å². The lowest BCUT2D eigenvalue weighted by Crippen LogP contribution is -2.11. The van der Waals surface area contributed by atoms with E-state index in [9.17, 15) is 0 Å². The Hall–Kier alpha value is -2.80. The Morgan fingerprint density at radius 2 is 1.86 bits per heavy atom. The number of aromatic nitrogens is 4. The predicted octanol–water partition coefficient (Wildman–Crippen LogP) is 2.22. The zero-order valence-corrected chi connectivity index (χ0v) is 12.2. The van der Waals surface area contributed by atoms with Crippen LogP contribution in [0.25, 0.3) is 11.2 Å². The van der Waals surface area contributed by atoms with E-state index in [1.165, 1.54) is 0 Å². The van der Waals surface area contributed by atoms with Gasteiger partial charge in [0.25, 0.3) is 0 Å². The van der Waals surface area contributed by atoms with Crippen molar-refractivity contribution in [3.8, 4) is 0 Å². The van der Waals surface area contributed by atoms with Crippen LogP contribution in [0.4, 0.5) is 17.5 Å². The second-order valence-corrected chi connectivity index (χ2v) is 4.53. The average molecular weight is 296 g/mol. The maximum atomic E-state index is 5.02. The second-order valence-electron chi connectivity index (χ2n) is 4.53.